The summed E-state index contributed by atoms with van der Waals surface area (Å²) in [4.78, 5) is 36.0. The number of carbonyl (C=O) groups excluding carboxylic acids is 2. The van der Waals surface area contributed by atoms with Gasteiger partial charge in [0, 0.05) is 18.7 Å². The second-order valence-corrected chi connectivity index (χ2v) is 8.46. The number of amidine groups is 1. The predicted octanol–water partition coefficient (Wildman–Crippen LogP) is 1.45. The van der Waals surface area contributed by atoms with Gasteiger partial charge in [-0.3, -0.25) is 25.1 Å². The molecule has 32 heavy (non-hydrogen) atoms. The molecule has 1 atom stereocenters. The highest BCUT2D eigenvalue weighted by Crippen LogP contribution is 2.22. The SMILES string of the molecule is CC1CCCCC1.N=C(N)c1ccc(CNC(=O)[C@@H]2CCN2C(=O)CNCC(=O)O)cc1. The quantitative estimate of drug-likeness (QED) is 0.302. The Hall–Kier alpha value is -2.94. The first-order valence-corrected chi connectivity index (χ1v) is 11.2. The summed E-state index contributed by atoms with van der Waals surface area (Å²) in [6.45, 7) is 2.75. The summed E-state index contributed by atoms with van der Waals surface area (Å²) in [5, 5.41) is 21.2. The Morgan fingerprint density at radius 3 is 2.22 bits per heavy atom. The summed E-state index contributed by atoms with van der Waals surface area (Å²) < 4.78 is 0. The maximum absolute atomic E-state index is 12.2. The number of hydrogen-bond donors (Lipinski definition) is 5. The minimum atomic E-state index is -1.04. The molecule has 2 aliphatic rings. The number of benzene rings is 1. The van der Waals surface area contributed by atoms with Crippen molar-refractivity contribution < 1.29 is 19.5 Å². The van der Waals surface area contributed by atoms with Crippen molar-refractivity contribution in [2.24, 2.45) is 11.7 Å². The Morgan fingerprint density at radius 2 is 1.75 bits per heavy atom. The molecular formula is C23H35N5O4. The van der Waals surface area contributed by atoms with Crippen LogP contribution in [0.5, 0.6) is 0 Å². The van der Waals surface area contributed by atoms with E-state index in [1.165, 1.54) is 37.0 Å². The molecule has 0 spiro atoms. The van der Waals surface area contributed by atoms with E-state index >= 15 is 0 Å². The highest BCUT2D eigenvalue weighted by molar-refractivity contribution is 5.95. The van der Waals surface area contributed by atoms with Gasteiger partial charge in [-0.2, -0.15) is 0 Å². The molecular weight excluding hydrogens is 410 g/mol. The normalized spacial score (nSPS) is 18.0. The lowest BCUT2D eigenvalue weighted by molar-refractivity contribution is -0.147. The van der Waals surface area contributed by atoms with Gasteiger partial charge in [0.05, 0.1) is 13.1 Å². The summed E-state index contributed by atoms with van der Waals surface area (Å²) in [7, 11) is 0. The first-order valence-electron chi connectivity index (χ1n) is 11.2. The average Bonchev–Trinajstić information content (AvgIpc) is 2.72. The molecule has 9 heteroatoms. The Labute approximate surface area is 189 Å². The second-order valence-electron chi connectivity index (χ2n) is 8.46. The Balaban J connectivity index is 0.000000439. The van der Waals surface area contributed by atoms with Crippen LogP contribution in [0, 0.1) is 11.3 Å². The Bertz CT molecular complexity index is 790. The molecule has 2 amide bonds. The van der Waals surface area contributed by atoms with Crippen molar-refractivity contribution in [1.82, 2.24) is 15.5 Å². The monoisotopic (exact) mass is 445 g/mol. The number of carboxylic acids is 1. The minimum absolute atomic E-state index is 0.0179. The van der Waals surface area contributed by atoms with E-state index in [-0.39, 0.29) is 30.7 Å². The van der Waals surface area contributed by atoms with Gasteiger partial charge >= 0.3 is 5.97 Å². The largest absolute Gasteiger partial charge is 0.480 e. The number of likely N-dealkylation sites (tertiary alicyclic amines) is 1. The fourth-order valence-corrected chi connectivity index (χ4v) is 3.75. The third-order valence-electron chi connectivity index (χ3n) is 5.82. The van der Waals surface area contributed by atoms with Crippen LogP contribution in [-0.4, -0.2) is 59.3 Å². The van der Waals surface area contributed by atoms with Crippen LogP contribution in [0.25, 0.3) is 0 Å². The first-order chi connectivity index (χ1) is 15.3. The lowest BCUT2D eigenvalue weighted by Crippen LogP contribution is -2.59. The number of nitrogens with zero attached hydrogens (tertiary/aromatic N) is 1. The van der Waals surface area contributed by atoms with Crippen molar-refractivity contribution in [2.45, 2.75) is 58.0 Å². The van der Waals surface area contributed by atoms with E-state index in [0.29, 0.717) is 25.1 Å². The van der Waals surface area contributed by atoms with Crippen molar-refractivity contribution in [1.29, 1.82) is 5.41 Å². The zero-order valence-corrected chi connectivity index (χ0v) is 18.7. The van der Waals surface area contributed by atoms with E-state index in [9.17, 15) is 14.4 Å². The molecule has 1 saturated carbocycles. The molecule has 0 bridgehead atoms. The van der Waals surface area contributed by atoms with Gasteiger partial charge in [0.15, 0.2) is 0 Å². The number of hydrogen-bond acceptors (Lipinski definition) is 5. The average molecular weight is 446 g/mol. The van der Waals surface area contributed by atoms with E-state index in [0.717, 1.165) is 11.5 Å². The van der Waals surface area contributed by atoms with Crippen LogP contribution in [0.15, 0.2) is 24.3 Å². The lowest BCUT2D eigenvalue weighted by Gasteiger charge is -2.39. The molecule has 6 N–H and O–H groups in total. The number of nitrogens with two attached hydrogens (primary N) is 1. The van der Waals surface area contributed by atoms with E-state index in [4.69, 9.17) is 16.2 Å². The molecule has 176 valence electrons. The van der Waals surface area contributed by atoms with Gasteiger partial charge in [-0.05, 0) is 17.9 Å². The van der Waals surface area contributed by atoms with Gasteiger partial charge in [-0.15, -0.1) is 0 Å². The highest BCUT2D eigenvalue weighted by Gasteiger charge is 2.36. The van der Waals surface area contributed by atoms with Crippen LogP contribution < -0.4 is 16.4 Å². The molecule has 9 nitrogen and oxygen atoms in total. The van der Waals surface area contributed by atoms with E-state index in [2.05, 4.69) is 17.6 Å². The number of aliphatic carboxylic acids is 1. The number of carbonyl (C=O) groups is 3. The standard InChI is InChI=1S/C16H21N5O4.C7H14/c17-15(18)11-3-1-10(2-4-11)7-20-16(25)12-5-6-21(12)13(22)8-19-9-14(23)24;1-7-5-3-2-4-6-7/h1-4,12,19H,5-9H2,(H3,17,18)(H,20,25)(H,23,24);7H,2-6H2,1H3/t12-;/m0./s1. The van der Waals surface area contributed by atoms with Crippen LogP contribution in [0.3, 0.4) is 0 Å². The van der Waals surface area contributed by atoms with Crippen LogP contribution in [-0.2, 0) is 20.9 Å². The smallest absolute Gasteiger partial charge is 0.317 e. The van der Waals surface area contributed by atoms with Crippen molar-refractivity contribution in [2.75, 3.05) is 19.6 Å². The summed E-state index contributed by atoms with van der Waals surface area (Å²) in [6, 6.07) is 6.44. The van der Waals surface area contributed by atoms with Gasteiger partial charge in [0.2, 0.25) is 11.8 Å². The van der Waals surface area contributed by atoms with Gasteiger partial charge < -0.3 is 21.1 Å². The van der Waals surface area contributed by atoms with Crippen molar-refractivity contribution in [3.05, 3.63) is 35.4 Å². The van der Waals surface area contributed by atoms with Gasteiger partial charge in [-0.25, -0.2) is 0 Å². The zero-order chi connectivity index (χ0) is 23.5. The molecule has 1 aliphatic carbocycles. The van der Waals surface area contributed by atoms with Crippen LogP contribution in [0.4, 0.5) is 0 Å². The lowest BCUT2D eigenvalue weighted by atomic mass is 9.91. The van der Waals surface area contributed by atoms with Crippen LogP contribution >= 0.6 is 0 Å². The number of nitrogens with one attached hydrogen (secondary N) is 3. The second kappa shape index (κ2) is 12.8. The fourth-order valence-electron chi connectivity index (χ4n) is 3.75. The van der Waals surface area contributed by atoms with E-state index in [1.807, 2.05) is 0 Å². The van der Waals surface area contributed by atoms with Gasteiger partial charge in [-0.1, -0.05) is 63.3 Å². The molecule has 3 rings (SSSR count). The molecule has 2 fully saturated rings. The Kier molecular flexibility index (Phi) is 10.1. The summed E-state index contributed by atoms with van der Waals surface area (Å²) in [5.74, 6) is -0.558. The fraction of sp³-hybridized carbons (Fsp3) is 0.565. The zero-order valence-electron chi connectivity index (χ0n) is 18.7. The molecule has 1 aromatic carbocycles. The minimum Gasteiger partial charge on any atom is -0.480 e. The topological polar surface area (TPSA) is 149 Å². The molecule has 0 radical (unpaired) electrons. The van der Waals surface area contributed by atoms with E-state index in [1.54, 1.807) is 24.3 Å². The summed E-state index contributed by atoms with van der Waals surface area (Å²) in [6.07, 6.45) is 8.02. The highest BCUT2D eigenvalue weighted by atomic mass is 16.4. The van der Waals surface area contributed by atoms with Gasteiger partial charge in [0.25, 0.3) is 0 Å². The number of amides is 2. The predicted molar refractivity (Wildman–Crippen MR) is 122 cm³/mol. The van der Waals surface area contributed by atoms with Gasteiger partial charge in [0.1, 0.15) is 11.9 Å². The summed E-state index contributed by atoms with van der Waals surface area (Å²) >= 11 is 0. The molecule has 0 unspecified atom stereocenters. The number of carboxylic acid groups (broad SMARTS) is 1. The molecule has 0 aromatic heterocycles. The maximum Gasteiger partial charge on any atom is 0.317 e. The number of rotatable bonds is 8. The maximum atomic E-state index is 12.2. The Morgan fingerprint density at radius 1 is 1.09 bits per heavy atom. The van der Waals surface area contributed by atoms with Crippen molar-refractivity contribution >= 4 is 23.6 Å². The van der Waals surface area contributed by atoms with Crippen LogP contribution in [0.2, 0.25) is 0 Å². The van der Waals surface area contributed by atoms with Crippen LogP contribution in [0.1, 0.15) is 56.6 Å². The molecule has 1 heterocycles. The number of nitrogen functional groups attached to an aromatic ring is 1. The van der Waals surface area contributed by atoms with Crippen molar-refractivity contribution in [3.8, 4) is 0 Å². The summed E-state index contributed by atoms with van der Waals surface area (Å²) in [5.41, 5.74) is 6.86. The molecule has 1 saturated heterocycles. The molecule has 1 aromatic rings. The van der Waals surface area contributed by atoms with E-state index < -0.39 is 12.0 Å². The third kappa shape index (κ3) is 8.30. The third-order valence-corrected chi connectivity index (χ3v) is 5.82. The first kappa shape index (κ1) is 25.3. The molecule has 1 aliphatic heterocycles. The van der Waals surface area contributed by atoms with Crippen molar-refractivity contribution in [3.63, 3.8) is 0 Å².